The lowest BCUT2D eigenvalue weighted by molar-refractivity contribution is 0.748. The Morgan fingerprint density at radius 2 is 1.90 bits per heavy atom. The Bertz CT molecular complexity index is 819. The summed E-state index contributed by atoms with van der Waals surface area (Å²) < 4.78 is 1.60. The maximum absolute atomic E-state index is 12.4. The molecule has 0 radical (unpaired) electrons. The molecule has 20 heavy (non-hydrogen) atoms. The van der Waals surface area contributed by atoms with Crippen LogP contribution in [0.3, 0.4) is 0 Å². The minimum Gasteiger partial charge on any atom is -0.399 e. The second kappa shape index (κ2) is 4.81. The van der Waals surface area contributed by atoms with Crippen LogP contribution >= 0.6 is 0 Å². The Morgan fingerprint density at radius 3 is 2.65 bits per heavy atom. The maximum atomic E-state index is 12.4. The van der Waals surface area contributed by atoms with Crippen molar-refractivity contribution in [2.75, 3.05) is 5.73 Å². The number of aromatic nitrogens is 2. The molecule has 3 aromatic rings. The topological polar surface area (TPSA) is 60.9 Å². The van der Waals surface area contributed by atoms with Gasteiger partial charge in [-0.25, -0.2) is 4.98 Å². The molecule has 100 valence electrons. The molecule has 0 bridgehead atoms. The van der Waals surface area contributed by atoms with Gasteiger partial charge in [0.25, 0.3) is 5.56 Å². The zero-order chi connectivity index (χ0) is 14.1. The molecule has 0 aliphatic rings. The Hall–Kier alpha value is -2.62. The number of nitrogen functional groups attached to an aromatic ring is 1. The first-order valence-electron chi connectivity index (χ1n) is 6.44. The van der Waals surface area contributed by atoms with Gasteiger partial charge in [0, 0.05) is 5.69 Å². The van der Waals surface area contributed by atoms with Crippen LogP contribution in [0.4, 0.5) is 5.69 Å². The third-order valence-electron chi connectivity index (χ3n) is 3.32. The van der Waals surface area contributed by atoms with Gasteiger partial charge in [0.1, 0.15) is 0 Å². The highest BCUT2D eigenvalue weighted by atomic mass is 16.1. The number of hydrogen-bond acceptors (Lipinski definition) is 3. The Labute approximate surface area is 116 Å². The van der Waals surface area contributed by atoms with E-state index in [2.05, 4.69) is 4.98 Å². The van der Waals surface area contributed by atoms with Gasteiger partial charge in [-0.1, -0.05) is 29.8 Å². The van der Waals surface area contributed by atoms with Gasteiger partial charge in [-0.15, -0.1) is 0 Å². The number of nitrogens with zero attached hydrogens (tertiary/aromatic N) is 2. The third kappa shape index (κ3) is 2.28. The van der Waals surface area contributed by atoms with Gasteiger partial charge in [0.05, 0.1) is 23.8 Å². The van der Waals surface area contributed by atoms with E-state index in [1.165, 1.54) is 5.56 Å². The van der Waals surface area contributed by atoms with Gasteiger partial charge in [-0.2, -0.15) is 0 Å². The van der Waals surface area contributed by atoms with Gasteiger partial charge in [-0.3, -0.25) is 9.36 Å². The van der Waals surface area contributed by atoms with Crippen LogP contribution in [0.5, 0.6) is 0 Å². The summed E-state index contributed by atoms with van der Waals surface area (Å²) in [5.41, 5.74) is 9.19. The maximum Gasteiger partial charge on any atom is 0.261 e. The quantitative estimate of drug-likeness (QED) is 0.723. The van der Waals surface area contributed by atoms with Gasteiger partial charge in [-0.05, 0) is 30.7 Å². The van der Waals surface area contributed by atoms with Crippen molar-refractivity contribution in [1.82, 2.24) is 9.55 Å². The Morgan fingerprint density at radius 1 is 1.15 bits per heavy atom. The highest BCUT2D eigenvalue weighted by Gasteiger charge is 2.05. The first kappa shape index (κ1) is 12.4. The molecule has 0 saturated heterocycles. The molecule has 4 heteroatoms. The summed E-state index contributed by atoms with van der Waals surface area (Å²) in [6, 6.07) is 13.3. The Balaban J connectivity index is 2.06. The molecule has 0 aliphatic carbocycles. The molecule has 0 fully saturated rings. The van der Waals surface area contributed by atoms with Crippen LogP contribution in [0.25, 0.3) is 10.9 Å². The summed E-state index contributed by atoms with van der Waals surface area (Å²) in [6.07, 6.45) is 1.58. The first-order chi connectivity index (χ1) is 9.63. The first-order valence-corrected chi connectivity index (χ1v) is 6.44. The summed E-state index contributed by atoms with van der Waals surface area (Å²) in [6.45, 7) is 2.55. The summed E-state index contributed by atoms with van der Waals surface area (Å²) in [5, 5.41) is 0.555. The van der Waals surface area contributed by atoms with Gasteiger partial charge in [0.2, 0.25) is 0 Å². The number of rotatable bonds is 2. The molecular weight excluding hydrogens is 250 g/mol. The number of benzene rings is 2. The largest absolute Gasteiger partial charge is 0.399 e. The molecular formula is C16H15N3O. The molecule has 0 aliphatic heterocycles. The van der Waals surface area contributed by atoms with Crippen molar-refractivity contribution in [2.24, 2.45) is 0 Å². The SMILES string of the molecule is Cc1ccc(Cn2cnc3ccc(N)cc3c2=O)cc1. The van der Waals surface area contributed by atoms with E-state index in [-0.39, 0.29) is 5.56 Å². The van der Waals surface area contributed by atoms with E-state index >= 15 is 0 Å². The van der Waals surface area contributed by atoms with Crippen molar-refractivity contribution in [3.05, 3.63) is 70.3 Å². The molecule has 2 aromatic carbocycles. The number of aryl methyl sites for hydroxylation is 1. The fourth-order valence-electron chi connectivity index (χ4n) is 2.18. The zero-order valence-electron chi connectivity index (χ0n) is 11.2. The monoisotopic (exact) mass is 265 g/mol. The van der Waals surface area contributed by atoms with Crippen molar-refractivity contribution in [3.63, 3.8) is 0 Å². The van der Waals surface area contributed by atoms with E-state index in [1.807, 2.05) is 31.2 Å². The molecule has 0 amide bonds. The van der Waals surface area contributed by atoms with E-state index in [0.717, 1.165) is 5.56 Å². The Kier molecular flexibility index (Phi) is 2.99. The summed E-state index contributed by atoms with van der Waals surface area (Å²) >= 11 is 0. The van der Waals surface area contributed by atoms with Crippen LogP contribution in [0, 0.1) is 6.92 Å². The highest BCUT2D eigenvalue weighted by molar-refractivity contribution is 5.80. The van der Waals surface area contributed by atoms with E-state index in [1.54, 1.807) is 29.1 Å². The van der Waals surface area contributed by atoms with Gasteiger partial charge < -0.3 is 5.73 Å². The zero-order valence-corrected chi connectivity index (χ0v) is 11.2. The van der Waals surface area contributed by atoms with E-state index < -0.39 is 0 Å². The van der Waals surface area contributed by atoms with Crippen molar-refractivity contribution in [3.8, 4) is 0 Å². The molecule has 1 heterocycles. The number of hydrogen-bond donors (Lipinski definition) is 1. The third-order valence-corrected chi connectivity index (χ3v) is 3.32. The number of fused-ring (bicyclic) bond motifs is 1. The average Bonchev–Trinajstić information content (AvgIpc) is 2.45. The lowest BCUT2D eigenvalue weighted by Crippen LogP contribution is -2.21. The minimum absolute atomic E-state index is 0.0668. The van der Waals surface area contributed by atoms with Crippen LogP contribution in [-0.4, -0.2) is 9.55 Å². The van der Waals surface area contributed by atoms with Crippen molar-refractivity contribution in [2.45, 2.75) is 13.5 Å². The van der Waals surface area contributed by atoms with Crippen molar-refractivity contribution >= 4 is 16.6 Å². The van der Waals surface area contributed by atoms with Crippen LogP contribution in [-0.2, 0) is 6.54 Å². The standard InChI is InChI=1S/C16H15N3O/c1-11-2-4-12(5-3-11)9-19-10-18-15-7-6-13(17)8-14(15)16(19)20/h2-8,10H,9,17H2,1H3. The van der Waals surface area contributed by atoms with Crippen molar-refractivity contribution < 1.29 is 0 Å². The lowest BCUT2D eigenvalue weighted by Gasteiger charge is -2.07. The molecule has 0 unspecified atom stereocenters. The summed E-state index contributed by atoms with van der Waals surface area (Å²) in [7, 11) is 0. The normalized spacial score (nSPS) is 10.8. The van der Waals surface area contributed by atoms with Gasteiger partial charge >= 0.3 is 0 Å². The van der Waals surface area contributed by atoms with E-state index in [0.29, 0.717) is 23.1 Å². The minimum atomic E-state index is -0.0668. The molecule has 4 nitrogen and oxygen atoms in total. The smallest absolute Gasteiger partial charge is 0.261 e. The summed E-state index contributed by atoms with van der Waals surface area (Å²) in [5.74, 6) is 0. The van der Waals surface area contributed by atoms with Crippen LogP contribution in [0.2, 0.25) is 0 Å². The fraction of sp³-hybridized carbons (Fsp3) is 0.125. The van der Waals surface area contributed by atoms with Crippen LogP contribution in [0.15, 0.2) is 53.6 Å². The lowest BCUT2D eigenvalue weighted by atomic mass is 10.1. The second-order valence-electron chi connectivity index (χ2n) is 4.94. The average molecular weight is 265 g/mol. The molecule has 0 atom stereocenters. The highest BCUT2D eigenvalue weighted by Crippen LogP contribution is 2.11. The van der Waals surface area contributed by atoms with E-state index in [4.69, 9.17) is 5.73 Å². The molecule has 0 saturated carbocycles. The fourth-order valence-corrected chi connectivity index (χ4v) is 2.18. The molecule has 3 rings (SSSR count). The molecule has 0 spiro atoms. The summed E-state index contributed by atoms with van der Waals surface area (Å²) in [4.78, 5) is 16.7. The van der Waals surface area contributed by atoms with Crippen LogP contribution in [0.1, 0.15) is 11.1 Å². The molecule has 1 aromatic heterocycles. The van der Waals surface area contributed by atoms with E-state index in [9.17, 15) is 4.79 Å². The van der Waals surface area contributed by atoms with Crippen molar-refractivity contribution in [1.29, 1.82) is 0 Å². The second-order valence-corrected chi connectivity index (χ2v) is 4.94. The van der Waals surface area contributed by atoms with Crippen LogP contribution < -0.4 is 11.3 Å². The predicted molar refractivity (Wildman–Crippen MR) is 80.7 cm³/mol. The number of anilines is 1. The number of nitrogens with two attached hydrogens (primary N) is 1. The van der Waals surface area contributed by atoms with Gasteiger partial charge in [0.15, 0.2) is 0 Å². The molecule has 2 N–H and O–H groups in total. The predicted octanol–water partition coefficient (Wildman–Crippen LogP) is 2.34.